The van der Waals surface area contributed by atoms with Crippen LogP contribution < -0.4 is 18.5 Å². The molecule has 0 bridgehead atoms. The molecule has 0 saturated heterocycles. The minimum atomic E-state index is -4.31. The van der Waals surface area contributed by atoms with Crippen LogP contribution in [-0.4, -0.2) is 95.3 Å². The molecule has 2 unspecified atom stereocenters. The number of hydrogen-bond acceptors (Lipinski definition) is 11. The average Bonchev–Trinajstić information content (AvgIpc) is 4.03. The number of dihydropyridines is 1. The topological polar surface area (TPSA) is 133 Å². The normalized spacial score (nSPS) is 18.0. The maximum Gasteiger partial charge on any atom is 0.429 e. The molecule has 302 valence electrons. The maximum absolute atomic E-state index is 14.1. The zero-order valence-corrected chi connectivity index (χ0v) is 33.8. The highest BCUT2D eigenvalue weighted by Crippen LogP contribution is 2.40. The van der Waals surface area contributed by atoms with E-state index >= 15 is 0 Å². The number of carbonyl (C=O) groups excluding carboxylic acids is 2. The third-order valence-corrected chi connectivity index (χ3v) is 11.1. The second-order valence-electron chi connectivity index (χ2n) is 15.1. The van der Waals surface area contributed by atoms with Gasteiger partial charge in [-0.3, -0.25) is 4.99 Å². The van der Waals surface area contributed by atoms with E-state index in [0.717, 1.165) is 25.7 Å². The fourth-order valence-corrected chi connectivity index (χ4v) is 7.53. The lowest BCUT2D eigenvalue weighted by Gasteiger charge is -2.29. The van der Waals surface area contributed by atoms with Crippen LogP contribution in [0.5, 0.6) is 17.2 Å². The molecule has 0 aromatic heterocycles. The maximum atomic E-state index is 14.1. The summed E-state index contributed by atoms with van der Waals surface area (Å²) in [7, 11) is -0.900. The summed E-state index contributed by atoms with van der Waals surface area (Å²) in [4.78, 5) is 33.5. The summed E-state index contributed by atoms with van der Waals surface area (Å²) < 4.78 is 83.1. The first kappa shape index (κ1) is 42.5. The van der Waals surface area contributed by atoms with Crippen LogP contribution in [0.3, 0.4) is 0 Å². The molecule has 1 aliphatic heterocycles. The Bertz CT molecular complexity index is 1880. The van der Waals surface area contributed by atoms with Crippen molar-refractivity contribution in [3.8, 4) is 17.2 Å². The van der Waals surface area contributed by atoms with Crippen molar-refractivity contribution in [2.75, 3.05) is 50.5 Å². The molecule has 55 heavy (non-hydrogen) atoms. The molecule has 2 atom stereocenters. The second-order valence-corrected chi connectivity index (χ2v) is 17.9. The second kappa shape index (κ2) is 18.1. The predicted octanol–water partition coefficient (Wildman–Crippen LogP) is 7.97. The van der Waals surface area contributed by atoms with Crippen molar-refractivity contribution in [3.63, 3.8) is 0 Å². The van der Waals surface area contributed by atoms with Gasteiger partial charge in [-0.05, 0) is 114 Å². The number of amides is 1. The number of alkyl halides is 3. The van der Waals surface area contributed by atoms with Gasteiger partial charge in [0.1, 0.15) is 23.1 Å². The van der Waals surface area contributed by atoms with E-state index < -0.39 is 51.5 Å². The molecule has 1 heterocycles. The quantitative estimate of drug-likeness (QED) is 0.108. The summed E-state index contributed by atoms with van der Waals surface area (Å²) in [6, 6.07) is 8.24. The van der Waals surface area contributed by atoms with Crippen molar-refractivity contribution in [2.24, 2.45) is 16.8 Å². The molecule has 12 nitrogen and oxygen atoms in total. The van der Waals surface area contributed by atoms with Crippen molar-refractivity contribution in [3.05, 3.63) is 58.1 Å². The van der Waals surface area contributed by atoms with Gasteiger partial charge in [-0.2, -0.15) is 13.1 Å². The van der Waals surface area contributed by atoms with Gasteiger partial charge >= 0.3 is 18.7 Å². The van der Waals surface area contributed by atoms with Gasteiger partial charge in [0.05, 0.1) is 41.5 Å². The number of anilines is 1. The summed E-state index contributed by atoms with van der Waals surface area (Å²) >= 11 is 13.1. The molecular weight excluding hydrogens is 783 g/mol. The number of rotatable bonds is 18. The number of halogens is 4. The number of aliphatic imine (C=N–C) groups is 1. The molecule has 0 spiro atoms. The molecule has 0 N–H and O–H groups in total. The van der Waals surface area contributed by atoms with E-state index in [0.29, 0.717) is 28.0 Å². The zero-order valence-electron chi connectivity index (χ0n) is 31.4. The number of nitrogens with zero attached hydrogens (tertiary/aromatic N) is 3. The number of ether oxygens (including phenoxy) is 5. The summed E-state index contributed by atoms with van der Waals surface area (Å²) in [5.41, 5.74) is -0.252. The van der Waals surface area contributed by atoms with E-state index in [1.54, 1.807) is 39.8 Å². The van der Waals surface area contributed by atoms with E-state index in [9.17, 15) is 26.8 Å². The molecule has 2 aromatic carbocycles. The molecule has 2 aromatic rings. The number of hydrogen-bond donors (Lipinski definition) is 0. The largest absolute Gasteiger partial charge is 0.491 e. The number of benzene rings is 2. The Kier molecular flexibility index (Phi) is 14.0. The van der Waals surface area contributed by atoms with Gasteiger partial charge in [-0.25, -0.2) is 18.0 Å². The Morgan fingerprint density at radius 2 is 1.62 bits per heavy atom. The third kappa shape index (κ3) is 12.4. The van der Waals surface area contributed by atoms with Gasteiger partial charge in [0.25, 0.3) is 0 Å². The summed E-state index contributed by atoms with van der Waals surface area (Å²) in [5.74, 6) is -0.898. The van der Waals surface area contributed by atoms with Crippen LogP contribution in [0.2, 0.25) is 0 Å². The third-order valence-electron chi connectivity index (χ3n) is 8.76. The Hall–Kier alpha value is -3.66. The first-order valence-corrected chi connectivity index (χ1v) is 20.4. The summed E-state index contributed by atoms with van der Waals surface area (Å²) in [5, 5.41) is -0.339. The lowest BCUT2D eigenvalue weighted by molar-refractivity contribution is -0.0515. The van der Waals surface area contributed by atoms with Gasteiger partial charge in [-0.1, -0.05) is 17.7 Å². The number of allylic oxidation sites excluding steroid dienone is 1. The van der Waals surface area contributed by atoms with Crippen LogP contribution in [0.15, 0.2) is 52.0 Å². The molecule has 2 aliphatic carbocycles. The van der Waals surface area contributed by atoms with E-state index in [1.165, 1.54) is 42.6 Å². The van der Waals surface area contributed by atoms with E-state index in [2.05, 4.69) is 4.99 Å². The Morgan fingerprint density at radius 3 is 2.20 bits per heavy atom. The van der Waals surface area contributed by atoms with E-state index in [-0.39, 0.29) is 65.6 Å². The van der Waals surface area contributed by atoms with Gasteiger partial charge in [0.2, 0.25) is 10.0 Å². The lowest BCUT2D eigenvalue weighted by Crippen LogP contribution is -2.43. The highest BCUT2D eigenvalue weighted by atomic mass is 35.5. The highest BCUT2D eigenvalue weighted by Gasteiger charge is 2.37. The molecule has 17 heteroatoms. The van der Waals surface area contributed by atoms with Crippen molar-refractivity contribution in [2.45, 2.75) is 76.6 Å². The summed E-state index contributed by atoms with van der Waals surface area (Å²) in [6.45, 7) is 2.62. The SMILES string of the molecule is CN(C)CCS(=O)(=O)N(C(=O)OC(C)(C)C)c1ccc(C(=O)OC(CC2=C(Cl)C=NCC2Cl)c2ccc(OC(F)F)c(OCC3CC3)c2)cc1OCC1CC1. The van der Waals surface area contributed by atoms with Crippen LogP contribution >= 0.6 is 23.2 Å². The average molecular weight is 831 g/mol. The van der Waals surface area contributed by atoms with Gasteiger partial charge in [-0.15, -0.1) is 11.6 Å². The predicted molar refractivity (Wildman–Crippen MR) is 206 cm³/mol. The van der Waals surface area contributed by atoms with Crippen molar-refractivity contribution in [1.29, 1.82) is 0 Å². The molecule has 5 rings (SSSR count). The van der Waals surface area contributed by atoms with Crippen LogP contribution in [0.1, 0.15) is 74.9 Å². The minimum absolute atomic E-state index is 0.0154. The molecule has 3 aliphatic rings. The summed E-state index contributed by atoms with van der Waals surface area (Å²) in [6.07, 6.45) is 3.02. The number of sulfonamides is 1. The first-order chi connectivity index (χ1) is 25.9. The van der Waals surface area contributed by atoms with Crippen molar-refractivity contribution < 1.29 is 50.5 Å². The number of esters is 1. The van der Waals surface area contributed by atoms with Crippen LogP contribution in [0.25, 0.3) is 0 Å². The minimum Gasteiger partial charge on any atom is -0.491 e. The Morgan fingerprint density at radius 1 is 0.964 bits per heavy atom. The Labute approximate surface area is 330 Å². The molecule has 2 saturated carbocycles. The number of carbonyl (C=O) groups is 2. The van der Waals surface area contributed by atoms with E-state index in [4.69, 9.17) is 46.9 Å². The lowest BCUT2D eigenvalue weighted by atomic mass is 9.97. The molecule has 0 radical (unpaired) electrons. The zero-order chi connectivity index (χ0) is 40.1. The van der Waals surface area contributed by atoms with Crippen molar-refractivity contribution >= 4 is 57.2 Å². The smallest absolute Gasteiger partial charge is 0.429 e. The fourth-order valence-electron chi connectivity index (χ4n) is 5.41. The van der Waals surface area contributed by atoms with Gasteiger partial charge < -0.3 is 28.6 Å². The standard InChI is InChI=1S/C38H47Cl2F2N3O9S/c1-38(2,3)54-37(47)45(55(48,49)15-14-44(4)5)30-12-10-26(17-33(30)50-21-23-6-7-23)35(46)52-32(18-27-28(39)19-43-20-29(27)40)25-11-13-31(53-36(41)42)34(16-25)51-22-24-8-9-24/h10-13,16-17,19,23-24,29,32,36H,6-9,14-15,18,20-22H2,1-5H3. The van der Waals surface area contributed by atoms with Crippen LogP contribution in [0, 0.1) is 11.8 Å². The van der Waals surface area contributed by atoms with Crippen LogP contribution in [-0.2, 0) is 19.5 Å². The monoisotopic (exact) mass is 829 g/mol. The first-order valence-electron chi connectivity index (χ1n) is 18.0. The molecule has 1 amide bonds. The van der Waals surface area contributed by atoms with Gasteiger partial charge in [0.15, 0.2) is 11.5 Å². The Balaban J connectivity index is 1.52. The van der Waals surface area contributed by atoms with Gasteiger partial charge in [0, 0.05) is 19.2 Å². The highest BCUT2D eigenvalue weighted by molar-refractivity contribution is 7.93. The molecular formula is C38H47Cl2F2N3O9S. The van der Waals surface area contributed by atoms with Crippen LogP contribution in [0.4, 0.5) is 19.3 Å². The van der Waals surface area contributed by atoms with Crippen molar-refractivity contribution in [1.82, 2.24) is 4.90 Å². The molecule has 2 fully saturated rings. The van der Waals surface area contributed by atoms with E-state index in [1.807, 2.05) is 0 Å². The fraction of sp³-hybridized carbons (Fsp3) is 0.553.